The molecule has 18 heavy (non-hydrogen) atoms. The van der Waals surface area contributed by atoms with Gasteiger partial charge in [0.1, 0.15) is 0 Å². The van der Waals surface area contributed by atoms with Gasteiger partial charge in [0.15, 0.2) is 0 Å². The van der Waals surface area contributed by atoms with E-state index in [1.54, 1.807) is 11.3 Å². The van der Waals surface area contributed by atoms with Crippen LogP contribution in [0.4, 0.5) is 0 Å². The van der Waals surface area contributed by atoms with E-state index in [1.165, 1.54) is 4.88 Å². The predicted octanol–water partition coefficient (Wildman–Crippen LogP) is 2.10. The monoisotopic (exact) mass is 332 g/mol. The fraction of sp³-hybridized carbons (Fsp3) is 0.583. The number of carbonyl (C=O) groups is 1. The Balaban J connectivity index is 1.71. The molecule has 2 rings (SSSR count). The van der Waals surface area contributed by atoms with Crippen molar-refractivity contribution in [3.8, 4) is 0 Å². The number of aliphatic carboxylic acids is 1. The molecule has 0 saturated carbocycles. The first-order valence-electron chi connectivity index (χ1n) is 6.03. The number of piperazine rings is 1. The molecular formula is C12H17BrN2O2S. The average Bonchev–Trinajstić information content (AvgIpc) is 2.74. The summed E-state index contributed by atoms with van der Waals surface area (Å²) in [5.74, 6) is -0.708. The molecule has 6 heteroatoms. The Kier molecular flexibility index (Phi) is 5.17. The zero-order valence-corrected chi connectivity index (χ0v) is 12.5. The standard InChI is InChI=1S/C12H17BrN2O2S/c13-10-7-11(18-9-10)8-15-5-3-14(4-6-15)2-1-12(16)17/h7,9H,1-6,8H2,(H,16,17). The van der Waals surface area contributed by atoms with E-state index in [0.717, 1.165) is 37.2 Å². The molecule has 0 aromatic carbocycles. The first-order chi connectivity index (χ1) is 8.63. The summed E-state index contributed by atoms with van der Waals surface area (Å²) in [5.41, 5.74) is 0. The van der Waals surface area contributed by atoms with E-state index in [0.29, 0.717) is 6.54 Å². The van der Waals surface area contributed by atoms with Crippen LogP contribution < -0.4 is 0 Å². The van der Waals surface area contributed by atoms with Gasteiger partial charge in [-0.3, -0.25) is 9.69 Å². The van der Waals surface area contributed by atoms with Gasteiger partial charge in [0.25, 0.3) is 0 Å². The van der Waals surface area contributed by atoms with Crippen LogP contribution in [-0.2, 0) is 11.3 Å². The van der Waals surface area contributed by atoms with E-state index < -0.39 is 5.97 Å². The van der Waals surface area contributed by atoms with Gasteiger partial charge < -0.3 is 10.0 Å². The van der Waals surface area contributed by atoms with E-state index in [-0.39, 0.29) is 6.42 Å². The van der Waals surface area contributed by atoms with E-state index in [2.05, 4.69) is 37.2 Å². The molecule has 0 unspecified atom stereocenters. The number of halogens is 1. The first-order valence-corrected chi connectivity index (χ1v) is 7.70. The molecule has 0 amide bonds. The Morgan fingerprint density at radius 1 is 1.33 bits per heavy atom. The van der Waals surface area contributed by atoms with Crippen molar-refractivity contribution in [3.63, 3.8) is 0 Å². The Hall–Kier alpha value is -0.430. The van der Waals surface area contributed by atoms with Crippen LogP contribution >= 0.6 is 27.3 Å². The van der Waals surface area contributed by atoms with Crippen molar-refractivity contribution in [2.24, 2.45) is 0 Å². The molecule has 1 fully saturated rings. The highest BCUT2D eigenvalue weighted by Gasteiger charge is 2.17. The number of hydrogen-bond donors (Lipinski definition) is 1. The van der Waals surface area contributed by atoms with E-state index in [1.807, 2.05) is 0 Å². The summed E-state index contributed by atoms with van der Waals surface area (Å²) in [6.45, 7) is 5.67. The topological polar surface area (TPSA) is 43.8 Å². The van der Waals surface area contributed by atoms with Gasteiger partial charge in [-0.1, -0.05) is 0 Å². The van der Waals surface area contributed by atoms with Crippen LogP contribution in [0.15, 0.2) is 15.9 Å². The highest BCUT2D eigenvalue weighted by Crippen LogP contribution is 2.21. The summed E-state index contributed by atoms with van der Waals surface area (Å²) < 4.78 is 1.16. The van der Waals surface area contributed by atoms with E-state index in [4.69, 9.17) is 5.11 Å². The third-order valence-electron chi connectivity index (χ3n) is 3.11. The fourth-order valence-corrected chi connectivity index (χ4v) is 3.57. The molecule has 1 N–H and O–H groups in total. The molecule has 0 spiro atoms. The van der Waals surface area contributed by atoms with Crippen LogP contribution in [0.3, 0.4) is 0 Å². The largest absolute Gasteiger partial charge is 0.481 e. The lowest BCUT2D eigenvalue weighted by Gasteiger charge is -2.34. The predicted molar refractivity (Wildman–Crippen MR) is 76.0 cm³/mol. The van der Waals surface area contributed by atoms with Crippen molar-refractivity contribution in [1.82, 2.24) is 9.80 Å². The van der Waals surface area contributed by atoms with Gasteiger partial charge in [0.2, 0.25) is 0 Å². The SMILES string of the molecule is O=C(O)CCN1CCN(Cc2cc(Br)cs2)CC1. The van der Waals surface area contributed by atoms with Gasteiger partial charge in [-0.2, -0.15) is 0 Å². The van der Waals surface area contributed by atoms with Gasteiger partial charge >= 0.3 is 5.97 Å². The molecule has 4 nitrogen and oxygen atoms in total. The molecule has 0 radical (unpaired) electrons. The zero-order valence-electron chi connectivity index (χ0n) is 10.1. The lowest BCUT2D eigenvalue weighted by Crippen LogP contribution is -2.46. The molecular weight excluding hydrogens is 316 g/mol. The number of carboxylic acid groups (broad SMARTS) is 1. The molecule has 100 valence electrons. The molecule has 2 heterocycles. The summed E-state index contributed by atoms with van der Waals surface area (Å²) >= 11 is 5.25. The molecule has 0 aliphatic carbocycles. The van der Waals surface area contributed by atoms with Crippen LogP contribution in [-0.4, -0.2) is 53.6 Å². The van der Waals surface area contributed by atoms with E-state index in [9.17, 15) is 4.79 Å². The summed E-state index contributed by atoms with van der Waals surface area (Å²) in [5, 5.41) is 10.8. The highest BCUT2D eigenvalue weighted by atomic mass is 79.9. The smallest absolute Gasteiger partial charge is 0.304 e. The van der Waals surface area contributed by atoms with Crippen LogP contribution in [0.25, 0.3) is 0 Å². The van der Waals surface area contributed by atoms with Gasteiger partial charge in [-0.25, -0.2) is 0 Å². The van der Waals surface area contributed by atoms with Crippen molar-refractivity contribution in [2.45, 2.75) is 13.0 Å². The normalized spacial score (nSPS) is 18.1. The highest BCUT2D eigenvalue weighted by molar-refractivity contribution is 9.10. The Morgan fingerprint density at radius 3 is 2.56 bits per heavy atom. The average molecular weight is 333 g/mol. The Labute approximate surface area is 119 Å². The second kappa shape index (κ2) is 6.65. The van der Waals surface area contributed by atoms with Crippen molar-refractivity contribution in [2.75, 3.05) is 32.7 Å². The van der Waals surface area contributed by atoms with Crippen molar-refractivity contribution in [1.29, 1.82) is 0 Å². The quantitative estimate of drug-likeness (QED) is 0.896. The number of hydrogen-bond acceptors (Lipinski definition) is 4. The van der Waals surface area contributed by atoms with Crippen LogP contribution in [0.2, 0.25) is 0 Å². The number of thiophene rings is 1. The van der Waals surface area contributed by atoms with Crippen LogP contribution in [0.1, 0.15) is 11.3 Å². The molecule has 1 saturated heterocycles. The van der Waals surface area contributed by atoms with Crippen molar-refractivity contribution >= 4 is 33.2 Å². The molecule has 0 bridgehead atoms. The minimum absolute atomic E-state index is 0.248. The van der Waals surface area contributed by atoms with Crippen molar-refractivity contribution in [3.05, 3.63) is 20.8 Å². The molecule has 1 aliphatic heterocycles. The van der Waals surface area contributed by atoms with Gasteiger partial charge in [0, 0.05) is 54.0 Å². The number of nitrogens with zero attached hydrogens (tertiary/aromatic N) is 2. The minimum atomic E-state index is -0.708. The molecule has 1 aromatic rings. The third kappa shape index (κ3) is 4.35. The van der Waals surface area contributed by atoms with Gasteiger partial charge in [0.05, 0.1) is 6.42 Å². The third-order valence-corrected chi connectivity index (χ3v) is 4.79. The second-order valence-electron chi connectivity index (χ2n) is 4.49. The summed E-state index contributed by atoms with van der Waals surface area (Å²) in [6.07, 6.45) is 0.248. The maximum absolute atomic E-state index is 10.5. The van der Waals surface area contributed by atoms with E-state index >= 15 is 0 Å². The van der Waals surface area contributed by atoms with Crippen LogP contribution in [0.5, 0.6) is 0 Å². The van der Waals surface area contributed by atoms with Crippen LogP contribution in [0, 0.1) is 0 Å². The van der Waals surface area contributed by atoms with Gasteiger partial charge in [-0.05, 0) is 22.0 Å². The fourth-order valence-electron chi connectivity index (χ4n) is 2.08. The first kappa shape index (κ1) is 14.0. The molecule has 1 aliphatic rings. The maximum Gasteiger partial charge on any atom is 0.304 e. The summed E-state index contributed by atoms with van der Waals surface area (Å²) in [4.78, 5) is 16.5. The van der Waals surface area contributed by atoms with Crippen molar-refractivity contribution < 1.29 is 9.90 Å². The Bertz CT molecular complexity index is 403. The lowest BCUT2D eigenvalue weighted by molar-refractivity contribution is -0.137. The zero-order chi connectivity index (χ0) is 13.0. The second-order valence-corrected chi connectivity index (χ2v) is 6.40. The number of carboxylic acids is 1. The summed E-state index contributed by atoms with van der Waals surface area (Å²) in [7, 11) is 0. The number of rotatable bonds is 5. The molecule has 0 atom stereocenters. The minimum Gasteiger partial charge on any atom is -0.481 e. The molecule has 1 aromatic heterocycles. The Morgan fingerprint density at radius 2 is 2.00 bits per heavy atom. The maximum atomic E-state index is 10.5. The lowest BCUT2D eigenvalue weighted by atomic mass is 10.3. The summed E-state index contributed by atoms with van der Waals surface area (Å²) in [6, 6.07) is 2.17. The van der Waals surface area contributed by atoms with Gasteiger partial charge in [-0.15, -0.1) is 11.3 Å².